The van der Waals surface area contributed by atoms with Crippen LogP contribution in [-0.2, 0) is 0 Å². The highest BCUT2D eigenvalue weighted by Gasteiger charge is 2.54. The lowest BCUT2D eigenvalue weighted by atomic mass is 9.84. The van der Waals surface area contributed by atoms with Crippen LogP contribution in [0.2, 0.25) is 0 Å². The Morgan fingerprint density at radius 2 is 1.33 bits per heavy atom. The fourth-order valence-corrected chi connectivity index (χ4v) is 5.23. The van der Waals surface area contributed by atoms with E-state index >= 15 is 0 Å². The van der Waals surface area contributed by atoms with Crippen LogP contribution in [-0.4, -0.2) is 0 Å². The Morgan fingerprint density at radius 3 is 2.07 bits per heavy atom. The third kappa shape index (κ3) is 1.83. The molecular formula is C27H18. The minimum Gasteiger partial charge on any atom is -0.0802 e. The Hall–Kier alpha value is -3.12. The third-order valence-corrected chi connectivity index (χ3v) is 6.80. The first-order valence-electron chi connectivity index (χ1n) is 9.79. The molecule has 1 spiro atoms. The Balaban J connectivity index is 1.56. The van der Waals surface area contributed by atoms with E-state index in [1.165, 1.54) is 54.7 Å². The average molecular weight is 342 g/mol. The van der Waals surface area contributed by atoms with Crippen molar-refractivity contribution in [2.24, 2.45) is 11.3 Å². The van der Waals surface area contributed by atoms with Gasteiger partial charge in [-0.05, 0) is 97.1 Å². The van der Waals surface area contributed by atoms with Crippen molar-refractivity contribution < 1.29 is 0 Å². The lowest BCUT2D eigenvalue weighted by Gasteiger charge is -2.20. The fourth-order valence-electron chi connectivity index (χ4n) is 5.23. The van der Waals surface area contributed by atoms with Crippen molar-refractivity contribution in [3.8, 4) is 0 Å². The van der Waals surface area contributed by atoms with E-state index in [1.807, 2.05) is 0 Å². The summed E-state index contributed by atoms with van der Waals surface area (Å²) < 4.78 is 0. The predicted molar refractivity (Wildman–Crippen MR) is 115 cm³/mol. The molecule has 0 N–H and O–H groups in total. The second-order valence-corrected chi connectivity index (χ2v) is 8.37. The molecule has 0 radical (unpaired) electrons. The van der Waals surface area contributed by atoms with Gasteiger partial charge in [-0.15, -0.1) is 0 Å². The largest absolute Gasteiger partial charge is 0.0802 e. The summed E-state index contributed by atoms with van der Waals surface area (Å²) in [6.07, 6.45) is 13.1. The van der Waals surface area contributed by atoms with Crippen LogP contribution in [0.5, 0.6) is 0 Å². The van der Waals surface area contributed by atoms with Crippen molar-refractivity contribution in [1.82, 2.24) is 0 Å². The minimum atomic E-state index is 0.294. The molecule has 1 fully saturated rings. The van der Waals surface area contributed by atoms with Crippen LogP contribution >= 0.6 is 0 Å². The number of rotatable bonds is 0. The zero-order valence-corrected chi connectivity index (χ0v) is 14.9. The molecule has 2 atom stereocenters. The molecule has 4 aromatic carbocycles. The molecule has 3 aliphatic rings. The van der Waals surface area contributed by atoms with Gasteiger partial charge in [-0.25, -0.2) is 0 Å². The fraction of sp³-hybridized carbons (Fsp3) is 0.111. The zero-order valence-electron chi connectivity index (χ0n) is 14.9. The van der Waals surface area contributed by atoms with Gasteiger partial charge in [0.1, 0.15) is 0 Å². The lowest BCUT2D eigenvalue weighted by Crippen LogP contribution is -2.31. The van der Waals surface area contributed by atoms with Gasteiger partial charge in [0.2, 0.25) is 0 Å². The van der Waals surface area contributed by atoms with E-state index in [4.69, 9.17) is 0 Å². The maximum Gasteiger partial charge on any atom is 0.0210 e. The van der Waals surface area contributed by atoms with E-state index in [0.717, 1.165) is 0 Å². The van der Waals surface area contributed by atoms with Gasteiger partial charge in [0.05, 0.1) is 0 Å². The van der Waals surface area contributed by atoms with Gasteiger partial charge in [-0.1, -0.05) is 54.6 Å². The minimum absolute atomic E-state index is 0.294. The van der Waals surface area contributed by atoms with Crippen LogP contribution in [0.4, 0.5) is 0 Å². The summed E-state index contributed by atoms with van der Waals surface area (Å²) in [5.74, 6) is 0.709. The van der Waals surface area contributed by atoms with Crippen molar-refractivity contribution in [2.45, 2.75) is 6.42 Å². The summed E-state index contributed by atoms with van der Waals surface area (Å²) in [6, 6.07) is 22.8. The van der Waals surface area contributed by atoms with Crippen LogP contribution in [0.3, 0.4) is 0 Å². The highest BCUT2D eigenvalue weighted by molar-refractivity contribution is 6.04. The SMILES string of the molecule is C1=CC2CC23C=c2cc4cc5cc6ccccc6cc5cc4cc2=CC3=C1. The van der Waals surface area contributed by atoms with Crippen molar-refractivity contribution in [2.75, 3.05) is 0 Å². The van der Waals surface area contributed by atoms with Gasteiger partial charge < -0.3 is 0 Å². The molecule has 0 heteroatoms. The van der Waals surface area contributed by atoms with Crippen molar-refractivity contribution in [3.05, 3.63) is 94.9 Å². The van der Waals surface area contributed by atoms with Gasteiger partial charge >= 0.3 is 0 Å². The molecule has 0 saturated heterocycles. The number of hydrogen-bond acceptors (Lipinski definition) is 0. The Kier molecular flexibility index (Phi) is 2.38. The molecule has 0 aromatic heterocycles. The Labute approximate surface area is 157 Å². The monoisotopic (exact) mass is 342 g/mol. The van der Waals surface area contributed by atoms with Crippen molar-refractivity contribution >= 4 is 44.5 Å². The summed E-state index contributed by atoms with van der Waals surface area (Å²) in [4.78, 5) is 0. The summed E-state index contributed by atoms with van der Waals surface area (Å²) in [5, 5.41) is 10.7. The van der Waals surface area contributed by atoms with Crippen LogP contribution in [0, 0.1) is 11.3 Å². The molecule has 126 valence electrons. The van der Waals surface area contributed by atoms with Crippen molar-refractivity contribution in [3.63, 3.8) is 0 Å². The predicted octanol–water partition coefficient (Wildman–Crippen LogP) is 5.22. The Morgan fingerprint density at radius 1 is 0.704 bits per heavy atom. The molecule has 0 bridgehead atoms. The molecule has 7 rings (SSSR count). The molecule has 0 heterocycles. The van der Waals surface area contributed by atoms with E-state index < -0.39 is 0 Å². The van der Waals surface area contributed by atoms with E-state index in [1.54, 1.807) is 0 Å². The quantitative estimate of drug-likeness (QED) is 0.384. The maximum absolute atomic E-state index is 2.53. The van der Waals surface area contributed by atoms with Crippen LogP contribution < -0.4 is 10.4 Å². The number of fused-ring (bicyclic) bond motifs is 4. The Bertz CT molecular complexity index is 1500. The first-order valence-corrected chi connectivity index (χ1v) is 9.79. The first-order chi connectivity index (χ1) is 13.3. The zero-order chi connectivity index (χ0) is 17.6. The molecule has 27 heavy (non-hydrogen) atoms. The summed E-state index contributed by atoms with van der Waals surface area (Å²) in [7, 11) is 0. The van der Waals surface area contributed by atoms with Gasteiger partial charge in [0.15, 0.2) is 0 Å². The molecule has 0 amide bonds. The van der Waals surface area contributed by atoms with E-state index in [-0.39, 0.29) is 0 Å². The molecule has 1 saturated carbocycles. The smallest absolute Gasteiger partial charge is 0.0210 e. The molecular weight excluding hydrogens is 324 g/mol. The molecule has 0 nitrogen and oxygen atoms in total. The van der Waals surface area contributed by atoms with Gasteiger partial charge in [-0.2, -0.15) is 0 Å². The molecule has 0 aliphatic heterocycles. The molecule has 3 aliphatic carbocycles. The highest BCUT2D eigenvalue weighted by atomic mass is 14.6. The highest BCUT2D eigenvalue weighted by Crippen LogP contribution is 2.62. The summed E-state index contributed by atoms with van der Waals surface area (Å²) in [5.41, 5.74) is 1.79. The topological polar surface area (TPSA) is 0 Å². The van der Waals surface area contributed by atoms with Crippen molar-refractivity contribution in [1.29, 1.82) is 0 Å². The van der Waals surface area contributed by atoms with Gasteiger partial charge in [-0.3, -0.25) is 0 Å². The number of allylic oxidation sites excluding steroid dienone is 4. The van der Waals surface area contributed by atoms with Crippen LogP contribution in [0.1, 0.15) is 6.42 Å². The summed E-state index contributed by atoms with van der Waals surface area (Å²) in [6.45, 7) is 0. The molecule has 2 unspecified atom stereocenters. The number of benzene rings is 4. The standard InChI is InChI=1S/C27H18/c1-2-5-18-9-20-11-22-13-24-15-27-16-26(27)7-3-6-25(27)14-23(24)12-21(22)10-19(20)8-17(18)4-1/h1-15,26H,16H2. The third-order valence-electron chi connectivity index (χ3n) is 6.80. The normalized spacial score (nSPS) is 24.6. The average Bonchev–Trinajstić information content (AvgIpc) is 3.40. The van der Waals surface area contributed by atoms with Crippen LogP contribution in [0.25, 0.3) is 44.5 Å². The first kappa shape index (κ1) is 14.0. The second-order valence-electron chi connectivity index (χ2n) is 8.37. The van der Waals surface area contributed by atoms with E-state index in [2.05, 4.69) is 91.0 Å². The number of hydrogen-bond donors (Lipinski definition) is 0. The maximum atomic E-state index is 2.53. The van der Waals surface area contributed by atoms with E-state index in [9.17, 15) is 0 Å². The summed E-state index contributed by atoms with van der Waals surface area (Å²) >= 11 is 0. The lowest BCUT2D eigenvalue weighted by molar-refractivity contribution is 0.793. The second kappa shape index (κ2) is 4.58. The van der Waals surface area contributed by atoms with Crippen LogP contribution in [0.15, 0.2) is 84.5 Å². The van der Waals surface area contributed by atoms with Gasteiger partial charge in [0, 0.05) is 5.41 Å². The van der Waals surface area contributed by atoms with Gasteiger partial charge in [0.25, 0.3) is 0 Å². The molecule has 4 aromatic rings. The van der Waals surface area contributed by atoms with E-state index in [0.29, 0.717) is 11.3 Å².